The molecule has 0 radical (unpaired) electrons. The highest BCUT2D eigenvalue weighted by Crippen LogP contribution is 2.19. The minimum atomic E-state index is -4.35. The molecule has 1 aliphatic heterocycles. The molecule has 0 amide bonds. The van der Waals surface area contributed by atoms with Crippen LogP contribution in [0.5, 0.6) is 5.75 Å². The van der Waals surface area contributed by atoms with Crippen molar-refractivity contribution in [2.75, 3.05) is 31.1 Å². The fourth-order valence-corrected chi connectivity index (χ4v) is 3.07. The zero-order chi connectivity index (χ0) is 22.1. The number of ether oxygens (including phenoxy) is 1. The lowest BCUT2D eigenvalue weighted by Gasteiger charge is -2.18. The monoisotopic (exact) mass is 432 g/mol. The average Bonchev–Trinajstić information content (AvgIpc) is 3.30. The van der Waals surface area contributed by atoms with Gasteiger partial charge in [0.15, 0.2) is 12.6 Å². The van der Waals surface area contributed by atoms with Crippen LogP contribution in [0.25, 0.3) is 0 Å². The maximum atomic E-state index is 12.2. The van der Waals surface area contributed by atoms with Crippen LogP contribution in [0.3, 0.4) is 0 Å². The van der Waals surface area contributed by atoms with Crippen LogP contribution >= 0.6 is 0 Å². The van der Waals surface area contributed by atoms with Crippen molar-refractivity contribution in [1.82, 2.24) is 10.6 Å². The average molecular weight is 432 g/mol. The van der Waals surface area contributed by atoms with E-state index in [0.717, 1.165) is 30.8 Å². The zero-order valence-electron chi connectivity index (χ0n) is 17.5. The number of halogens is 3. The maximum Gasteiger partial charge on any atom is 0.422 e. The molecule has 0 aliphatic carbocycles. The fourth-order valence-electron chi connectivity index (χ4n) is 3.07. The minimum absolute atomic E-state index is 0.184. The van der Waals surface area contributed by atoms with E-state index in [0.29, 0.717) is 19.0 Å². The van der Waals surface area contributed by atoms with Crippen molar-refractivity contribution >= 4 is 11.6 Å². The van der Waals surface area contributed by atoms with Crippen LogP contribution in [-0.2, 0) is 13.1 Å². The highest BCUT2D eigenvalue weighted by atomic mass is 19.4. The summed E-state index contributed by atoms with van der Waals surface area (Å²) in [4.78, 5) is 6.85. The molecule has 3 rings (SSSR count). The lowest BCUT2D eigenvalue weighted by Crippen LogP contribution is -2.36. The Morgan fingerprint density at radius 1 is 0.968 bits per heavy atom. The predicted molar refractivity (Wildman–Crippen MR) is 117 cm³/mol. The molecule has 31 heavy (non-hydrogen) atoms. The summed E-state index contributed by atoms with van der Waals surface area (Å²) in [6, 6.07) is 14.9. The molecular weight excluding hydrogens is 405 g/mol. The van der Waals surface area contributed by atoms with Crippen molar-refractivity contribution in [2.45, 2.75) is 26.2 Å². The van der Waals surface area contributed by atoms with Crippen LogP contribution in [-0.4, -0.2) is 38.4 Å². The van der Waals surface area contributed by atoms with Gasteiger partial charge in [-0.15, -0.1) is 0 Å². The van der Waals surface area contributed by atoms with Gasteiger partial charge in [-0.1, -0.05) is 36.4 Å². The van der Waals surface area contributed by atoms with Gasteiger partial charge in [-0.05, 0) is 42.3 Å². The number of benzene rings is 2. The number of rotatable bonds is 8. The molecule has 0 fully saturated rings. The van der Waals surface area contributed by atoms with Crippen LogP contribution in [0.4, 0.5) is 18.9 Å². The van der Waals surface area contributed by atoms with E-state index in [-0.39, 0.29) is 5.75 Å². The number of alkyl halides is 3. The lowest BCUT2D eigenvalue weighted by molar-refractivity contribution is -0.153. The van der Waals surface area contributed by atoms with Gasteiger partial charge in [0.1, 0.15) is 5.75 Å². The van der Waals surface area contributed by atoms with Gasteiger partial charge in [0.25, 0.3) is 0 Å². The standard InChI is InChI=1S/C23H27F3N4O/c1-2-27-22(28-15-18-5-9-20(10-6-18)30-13-3-4-14-30)29-16-19-7-11-21(12-8-19)31-17-23(24,25)26/h3-12H,2,13-17H2,1H3,(H2,27,28,29). The SMILES string of the molecule is CCNC(=NCc1ccc(OCC(F)(F)F)cc1)NCc1ccc(N2CC=CC2)cc1. The second-order valence-corrected chi connectivity index (χ2v) is 7.14. The molecule has 2 aromatic rings. The summed E-state index contributed by atoms with van der Waals surface area (Å²) in [7, 11) is 0. The number of hydrogen-bond donors (Lipinski definition) is 2. The first-order valence-corrected chi connectivity index (χ1v) is 10.2. The molecule has 0 spiro atoms. The fraction of sp³-hybridized carbons (Fsp3) is 0.348. The normalized spacial score (nSPS) is 14.1. The molecule has 1 heterocycles. The van der Waals surface area contributed by atoms with Crippen molar-refractivity contribution in [3.8, 4) is 5.75 Å². The van der Waals surface area contributed by atoms with Crippen LogP contribution in [0, 0.1) is 0 Å². The molecule has 2 aromatic carbocycles. The Hall–Kier alpha value is -3.16. The Kier molecular flexibility index (Phi) is 7.81. The molecule has 0 unspecified atom stereocenters. The molecule has 2 N–H and O–H groups in total. The Labute approximate surface area is 180 Å². The first-order chi connectivity index (χ1) is 14.9. The molecule has 0 saturated heterocycles. The molecule has 5 nitrogen and oxygen atoms in total. The van der Waals surface area contributed by atoms with Crippen LogP contribution in [0.2, 0.25) is 0 Å². The third-order valence-electron chi connectivity index (χ3n) is 4.67. The van der Waals surface area contributed by atoms with Crippen molar-refractivity contribution in [2.24, 2.45) is 4.99 Å². The number of nitrogens with one attached hydrogen (secondary N) is 2. The molecule has 1 aliphatic rings. The summed E-state index contributed by atoms with van der Waals surface area (Å²) in [6.07, 6.45) is -0.0173. The second-order valence-electron chi connectivity index (χ2n) is 7.14. The van der Waals surface area contributed by atoms with Crippen LogP contribution in [0.1, 0.15) is 18.1 Å². The number of aliphatic imine (C=N–C) groups is 1. The Balaban J connectivity index is 1.51. The smallest absolute Gasteiger partial charge is 0.422 e. The topological polar surface area (TPSA) is 48.9 Å². The van der Waals surface area contributed by atoms with E-state index in [9.17, 15) is 13.2 Å². The van der Waals surface area contributed by atoms with E-state index >= 15 is 0 Å². The van der Waals surface area contributed by atoms with Gasteiger partial charge in [-0.25, -0.2) is 4.99 Å². The van der Waals surface area contributed by atoms with Gasteiger partial charge in [0.05, 0.1) is 6.54 Å². The van der Waals surface area contributed by atoms with Crippen molar-refractivity contribution in [1.29, 1.82) is 0 Å². The van der Waals surface area contributed by atoms with E-state index in [4.69, 9.17) is 4.74 Å². The van der Waals surface area contributed by atoms with Gasteiger partial charge in [0.2, 0.25) is 0 Å². The maximum absolute atomic E-state index is 12.2. The van der Waals surface area contributed by atoms with Crippen molar-refractivity contribution in [3.63, 3.8) is 0 Å². The van der Waals surface area contributed by atoms with Crippen molar-refractivity contribution < 1.29 is 17.9 Å². The summed E-state index contributed by atoms with van der Waals surface area (Å²) < 4.78 is 41.4. The summed E-state index contributed by atoms with van der Waals surface area (Å²) in [6.45, 7) is 4.34. The Morgan fingerprint density at radius 2 is 1.61 bits per heavy atom. The molecule has 0 bridgehead atoms. The van der Waals surface area contributed by atoms with E-state index in [1.54, 1.807) is 12.1 Å². The molecule has 8 heteroatoms. The molecule has 0 aromatic heterocycles. The molecular formula is C23H27F3N4O. The van der Waals surface area contributed by atoms with E-state index in [1.807, 2.05) is 6.92 Å². The predicted octanol–water partition coefficient (Wildman–Crippen LogP) is 4.26. The van der Waals surface area contributed by atoms with Crippen molar-refractivity contribution in [3.05, 3.63) is 71.8 Å². The second kappa shape index (κ2) is 10.7. The van der Waals surface area contributed by atoms with Gasteiger partial charge in [0, 0.05) is 31.9 Å². The Morgan fingerprint density at radius 3 is 2.23 bits per heavy atom. The van der Waals surface area contributed by atoms with Gasteiger partial charge >= 0.3 is 6.18 Å². The molecule has 166 valence electrons. The highest BCUT2D eigenvalue weighted by molar-refractivity contribution is 5.79. The van der Waals surface area contributed by atoms with Crippen LogP contribution in [0.15, 0.2) is 65.7 Å². The molecule has 0 atom stereocenters. The third kappa shape index (κ3) is 7.55. The molecule has 0 saturated carbocycles. The number of guanidine groups is 1. The number of anilines is 1. The van der Waals surface area contributed by atoms with Gasteiger partial charge < -0.3 is 20.3 Å². The largest absolute Gasteiger partial charge is 0.484 e. The van der Waals surface area contributed by atoms with Gasteiger partial charge in [-0.2, -0.15) is 13.2 Å². The summed E-state index contributed by atoms with van der Waals surface area (Å²) in [5.41, 5.74) is 3.23. The number of nitrogens with zero attached hydrogens (tertiary/aromatic N) is 2. The highest BCUT2D eigenvalue weighted by Gasteiger charge is 2.28. The van der Waals surface area contributed by atoms with E-state index in [1.165, 1.54) is 17.8 Å². The van der Waals surface area contributed by atoms with Gasteiger partial charge in [-0.3, -0.25) is 0 Å². The van der Waals surface area contributed by atoms with E-state index < -0.39 is 12.8 Å². The zero-order valence-corrected chi connectivity index (χ0v) is 17.5. The van der Waals surface area contributed by atoms with E-state index in [2.05, 4.69) is 56.9 Å². The minimum Gasteiger partial charge on any atom is -0.484 e. The van der Waals surface area contributed by atoms with Crippen LogP contribution < -0.4 is 20.3 Å². The summed E-state index contributed by atoms with van der Waals surface area (Å²) in [5.74, 6) is 0.857. The first kappa shape index (κ1) is 22.5. The quantitative estimate of drug-likeness (QED) is 0.372. The Bertz CT molecular complexity index is 869. The summed E-state index contributed by atoms with van der Waals surface area (Å²) >= 11 is 0. The third-order valence-corrected chi connectivity index (χ3v) is 4.67. The number of hydrogen-bond acceptors (Lipinski definition) is 3. The lowest BCUT2D eigenvalue weighted by atomic mass is 10.2. The summed E-state index contributed by atoms with van der Waals surface area (Å²) in [5, 5.41) is 6.51. The first-order valence-electron chi connectivity index (χ1n) is 10.2.